The van der Waals surface area contributed by atoms with E-state index < -0.39 is 0 Å². The lowest BCUT2D eigenvalue weighted by molar-refractivity contribution is 0.0668. The fraction of sp³-hybridized carbons (Fsp3) is 0.240. The van der Waals surface area contributed by atoms with E-state index in [0.717, 1.165) is 25.1 Å². The van der Waals surface area contributed by atoms with Crippen LogP contribution in [-0.4, -0.2) is 38.6 Å². The van der Waals surface area contributed by atoms with Crippen LogP contribution in [0.15, 0.2) is 77.6 Å². The van der Waals surface area contributed by atoms with Crippen LogP contribution in [0.4, 0.5) is 4.39 Å². The molecule has 3 heterocycles. The summed E-state index contributed by atoms with van der Waals surface area (Å²) in [5, 5.41) is 3.94. The van der Waals surface area contributed by atoms with Crippen LogP contribution in [0, 0.1) is 11.7 Å². The number of benzene rings is 2. The average molecular weight is 430 g/mol. The van der Waals surface area contributed by atoms with Gasteiger partial charge in [-0.2, -0.15) is 4.98 Å². The Morgan fingerprint density at radius 2 is 1.84 bits per heavy atom. The molecule has 4 aromatic rings. The Kier molecular flexibility index (Phi) is 5.54. The van der Waals surface area contributed by atoms with Crippen molar-refractivity contribution in [2.75, 3.05) is 13.1 Å². The van der Waals surface area contributed by atoms with Crippen LogP contribution in [0.3, 0.4) is 0 Å². The maximum Gasteiger partial charge on any atom is 0.253 e. The van der Waals surface area contributed by atoms with E-state index in [1.165, 1.54) is 6.07 Å². The van der Waals surface area contributed by atoms with Gasteiger partial charge in [-0.3, -0.25) is 4.79 Å². The molecule has 1 aliphatic heterocycles. The quantitative estimate of drug-likeness (QED) is 0.458. The first-order valence-electron chi connectivity index (χ1n) is 10.8. The van der Waals surface area contributed by atoms with Crippen LogP contribution in [0.25, 0.3) is 17.1 Å². The number of aromatic nitrogens is 3. The van der Waals surface area contributed by atoms with E-state index >= 15 is 0 Å². The van der Waals surface area contributed by atoms with Crippen LogP contribution < -0.4 is 0 Å². The molecule has 0 aliphatic carbocycles. The Hall–Kier alpha value is -3.74. The molecule has 0 N–H and O–H groups in total. The minimum atomic E-state index is -0.378. The van der Waals surface area contributed by atoms with Gasteiger partial charge in [-0.1, -0.05) is 17.3 Å². The summed E-state index contributed by atoms with van der Waals surface area (Å²) in [6, 6.07) is 18.0. The van der Waals surface area contributed by atoms with Crippen molar-refractivity contribution in [1.82, 2.24) is 19.6 Å². The molecule has 2 aromatic carbocycles. The van der Waals surface area contributed by atoms with E-state index in [1.807, 2.05) is 58.3 Å². The summed E-state index contributed by atoms with van der Waals surface area (Å²) in [4.78, 5) is 19.3. The highest BCUT2D eigenvalue weighted by molar-refractivity contribution is 5.94. The number of hydrogen-bond donors (Lipinski definition) is 0. The third-order valence-electron chi connectivity index (χ3n) is 5.87. The molecular weight excluding hydrogens is 407 g/mol. The van der Waals surface area contributed by atoms with E-state index in [-0.39, 0.29) is 23.5 Å². The summed E-state index contributed by atoms with van der Waals surface area (Å²) >= 11 is 0. The minimum Gasteiger partial charge on any atom is -0.339 e. The molecule has 0 saturated carbocycles. The zero-order valence-electron chi connectivity index (χ0n) is 17.5. The molecule has 1 fully saturated rings. The van der Waals surface area contributed by atoms with Crippen LogP contribution in [-0.2, 0) is 6.42 Å². The molecular formula is C25H23FN4O2. The Morgan fingerprint density at radius 3 is 2.62 bits per heavy atom. The van der Waals surface area contributed by atoms with Crippen molar-refractivity contribution in [2.45, 2.75) is 19.3 Å². The molecule has 5 rings (SSSR count). The molecule has 7 heteroatoms. The van der Waals surface area contributed by atoms with Crippen LogP contribution in [0.2, 0.25) is 0 Å². The van der Waals surface area contributed by atoms with Gasteiger partial charge in [0, 0.05) is 43.2 Å². The van der Waals surface area contributed by atoms with E-state index in [4.69, 9.17) is 4.52 Å². The molecule has 6 nitrogen and oxygen atoms in total. The molecule has 0 spiro atoms. The minimum absolute atomic E-state index is 0.0336. The van der Waals surface area contributed by atoms with Crippen molar-refractivity contribution < 1.29 is 13.7 Å². The Labute approximate surface area is 185 Å². The molecule has 1 atom stereocenters. The van der Waals surface area contributed by atoms with Gasteiger partial charge in [-0.15, -0.1) is 0 Å². The topological polar surface area (TPSA) is 64.2 Å². The average Bonchev–Trinajstić information content (AvgIpc) is 3.52. The molecule has 1 saturated heterocycles. The monoisotopic (exact) mass is 430 g/mol. The van der Waals surface area contributed by atoms with Gasteiger partial charge in [0.25, 0.3) is 5.91 Å². The van der Waals surface area contributed by atoms with Gasteiger partial charge in [0.05, 0.1) is 5.56 Å². The first kappa shape index (κ1) is 20.2. The lowest BCUT2D eigenvalue weighted by atomic mass is 9.94. The molecule has 32 heavy (non-hydrogen) atoms. The first-order valence-corrected chi connectivity index (χ1v) is 10.8. The Balaban J connectivity index is 1.24. The van der Waals surface area contributed by atoms with Crippen LogP contribution >= 0.6 is 0 Å². The zero-order chi connectivity index (χ0) is 21.9. The Morgan fingerprint density at radius 1 is 1.06 bits per heavy atom. The van der Waals surface area contributed by atoms with Gasteiger partial charge in [0.2, 0.25) is 11.7 Å². The standard InChI is InChI=1S/C25H23FN4O2/c26-22-8-2-1-7-21(22)24-27-23(32-28-24)16-18-6-5-15-30(17-18)25(31)19-9-11-20(12-10-19)29-13-3-4-14-29/h1-4,7-14,18H,5-6,15-17H2. The zero-order valence-corrected chi connectivity index (χ0v) is 17.5. The van der Waals surface area contributed by atoms with E-state index in [2.05, 4.69) is 10.1 Å². The van der Waals surface area contributed by atoms with Crippen molar-refractivity contribution in [1.29, 1.82) is 0 Å². The van der Waals surface area contributed by atoms with Crippen LogP contribution in [0.5, 0.6) is 0 Å². The maximum absolute atomic E-state index is 14.0. The van der Waals surface area contributed by atoms with Gasteiger partial charge in [0.1, 0.15) is 5.82 Å². The SMILES string of the molecule is O=C(c1ccc(-n2cccc2)cc1)N1CCCC(Cc2nc(-c3ccccc3F)no2)C1. The van der Waals surface area contributed by atoms with Gasteiger partial charge in [0.15, 0.2) is 0 Å². The molecule has 162 valence electrons. The van der Waals surface area contributed by atoms with Crippen molar-refractivity contribution in [3.05, 3.63) is 90.3 Å². The number of nitrogens with zero attached hydrogens (tertiary/aromatic N) is 4. The summed E-state index contributed by atoms with van der Waals surface area (Å²) in [6.07, 6.45) is 6.42. The van der Waals surface area contributed by atoms with E-state index in [1.54, 1.807) is 18.2 Å². The molecule has 0 bridgehead atoms. The fourth-order valence-electron chi connectivity index (χ4n) is 4.22. The second-order valence-corrected chi connectivity index (χ2v) is 8.09. The summed E-state index contributed by atoms with van der Waals surface area (Å²) in [7, 11) is 0. The number of carbonyl (C=O) groups excluding carboxylic acids is 1. The third-order valence-corrected chi connectivity index (χ3v) is 5.87. The molecule has 2 aromatic heterocycles. The Bertz CT molecular complexity index is 1200. The van der Waals surface area contributed by atoms with E-state index in [0.29, 0.717) is 30.0 Å². The molecule has 1 aliphatic rings. The third kappa shape index (κ3) is 4.19. The normalized spacial score (nSPS) is 16.3. The maximum atomic E-state index is 14.0. The largest absolute Gasteiger partial charge is 0.339 e. The van der Waals surface area contributed by atoms with Crippen molar-refractivity contribution in [2.24, 2.45) is 5.92 Å². The highest BCUT2D eigenvalue weighted by atomic mass is 19.1. The van der Waals surface area contributed by atoms with E-state index in [9.17, 15) is 9.18 Å². The number of likely N-dealkylation sites (tertiary alicyclic amines) is 1. The van der Waals surface area contributed by atoms with Crippen molar-refractivity contribution >= 4 is 5.91 Å². The lowest BCUT2D eigenvalue weighted by Crippen LogP contribution is -2.40. The smallest absolute Gasteiger partial charge is 0.253 e. The summed E-state index contributed by atoms with van der Waals surface area (Å²) in [5.41, 5.74) is 2.03. The van der Waals surface area contributed by atoms with Crippen molar-refractivity contribution in [3.8, 4) is 17.1 Å². The van der Waals surface area contributed by atoms with Gasteiger partial charge in [-0.25, -0.2) is 4.39 Å². The fourth-order valence-corrected chi connectivity index (χ4v) is 4.22. The van der Waals surface area contributed by atoms with Gasteiger partial charge >= 0.3 is 0 Å². The summed E-state index contributed by atoms with van der Waals surface area (Å²) in [6.45, 7) is 1.37. The number of carbonyl (C=O) groups is 1. The first-order chi connectivity index (χ1) is 15.7. The highest BCUT2D eigenvalue weighted by Crippen LogP contribution is 2.24. The molecule has 1 unspecified atom stereocenters. The van der Waals surface area contributed by atoms with Crippen LogP contribution in [0.1, 0.15) is 29.1 Å². The number of halogens is 1. The molecule has 1 amide bonds. The summed E-state index contributed by atoms with van der Waals surface area (Å²) in [5.74, 6) is 0.604. The number of amides is 1. The highest BCUT2D eigenvalue weighted by Gasteiger charge is 2.26. The van der Waals surface area contributed by atoms with Crippen molar-refractivity contribution in [3.63, 3.8) is 0 Å². The predicted molar refractivity (Wildman–Crippen MR) is 118 cm³/mol. The second kappa shape index (κ2) is 8.78. The number of piperidine rings is 1. The second-order valence-electron chi connectivity index (χ2n) is 8.09. The lowest BCUT2D eigenvalue weighted by Gasteiger charge is -2.32. The number of rotatable bonds is 5. The van der Waals surface area contributed by atoms with Gasteiger partial charge in [-0.05, 0) is 67.3 Å². The van der Waals surface area contributed by atoms with Gasteiger partial charge < -0.3 is 14.0 Å². The molecule has 0 radical (unpaired) electrons. The summed E-state index contributed by atoms with van der Waals surface area (Å²) < 4.78 is 21.4. The predicted octanol–water partition coefficient (Wildman–Crippen LogP) is 4.76. The number of hydrogen-bond acceptors (Lipinski definition) is 4.